The number of nitrogen functional groups attached to an aromatic ring is 1. The average Bonchev–Trinajstić information content (AvgIpc) is 3.51. The number of hydrogen-bond acceptors (Lipinski definition) is 11. The van der Waals surface area contributed by atoms with Gasteiger partial charge in [-0.2, -0.15) is 14.4 Å². The Morgan fingerprint density at radius 3 is 2.70 bits per heavy atom. The second-order valence-corrected chi connectivity index (χ2v) is 9.52. The van der Waals surface area contributed by atoms with E-state index >= 15 is 0 Å². The van der Waals surface area contributed by atoms with Crippen LogP contribution in [0.4, 0.5) is 19.8 Å². The Bertz CT molecular complexity index is 1240. The molecule has 218 valence electrons. The molecule has 3 rings (SSSR count). The number of fused-ring (bicyclic) bond motifs is 1. The number of rotatable bonds is 13. The van der Waals surface area contributed by atoms with Crippen molar-refractivity contribution in [1.82, 2.24) is 19.5 Å². The minimum atomic E-state index is -1.71. The Hall–Kier alpha value is -3.92. The van der Waals surface area contributed by atoms with Gasteiger partial charge in [0.15, 0.2) is 23.1 Å². The summed E-state index contributed by atoms with van der Waals surface area (Å²) in [5.41, 5.74) is 4.35. The van der Waals surface area contributed by atoms with Crippen LogP contribution in [0.5, 0.6) is 0 Å². The number of hydrogen-bond donors (Lipinski definition) is 1. The van der Waals surface area contributed by atoms with Crippen LogP contribution >= 0.6 is 0 Å². The van der Waals surface area contributed by atoms with Crippen LogP contribution in [0.1, 0.15) is 65.5 Å². The molecule has 2 N–H and O–H groups in total. The number of nitrogens with two attached hydrogens (primary N) is 1. The summed E-state index contributed by atoms with van der Waals surface area (Å²) in [5, 5.41) is 0. The summed E-state index contributed by atoms with van der Waals surface area (Å²) in [4.78, 5) is 35.9. The van der Waals surface area contributed by atoms with Crippen molar-refractivity contribution in [1.29, 1.82) is 0 Å². The zero-order valence-electron chi connectivity index (χ0n) is 23.1. The van der Waals surface area contributed by atoms with Crippen molar-refractivity contribution in [2.75, 3.05) is 25.6 Å². The first-order chi connectivity index (χ1) is 19.2. The second-order valence-electron chi connectivity index (χ2n) is 9.52. The average molecular weight is 562 g/mol. The normalized spacial score (nSPS) is 20.6. The summed E-state index contributed by atoms with van der Waals surface area (Å²) < 4.78 is 42.3. The molecular weight excluding hydrogens is 525 g/mol. The molecule has 12 nitrogen and oxygen atoms in total. The molecule has 0 spiro atoms. The first kappa shape index (κ1) is 30.6. The van der Waals surface area contributed by atoms with Crippen LogP contribution in [0.3, 0.4) is 0 Å². The Morgan fingerprint density at radius 2 is 2.05 bits per heavy atom. The van der Waals surface area contributed by atoms with Gasteiger partial charge in [-0.3, -0.25) is 4.57 Å². The number of halogens is 1. The van der Waals surface area contributed by atoms with Crippen LogP contribution in [0.2, 0.25) is 0 Å². The third kappa shape index (κ3) is 6.80. The van der Waals surface area contributed by atoms with Crippen LogP contribution in [0.25, 0.3) is 11.2 Å². The summed E-state index contributed by atoms with van der Waals surface area (Å²) in [7, 11) is 0. The number of ether oxygens (including phenoxy) is 5. The van der Waals surface area contributed by atoms with Gasteiger partial charge in [0.1, 0.15) is 12.8 Å². The minimum Gasteiger partial charge on any atom is -0.435 e. The SMILES string of the molecule is C#C[C@]1(COC(=O)OCCCC(CC)(CC)CC=C)O[C@@H](n2cnc3c(N)nc(F)nc32)C[C@@H]1OC(=O)OCC. The number of aromatic nitrogens is 4. The first-order valence-corrected chi connectivity index (χ1v) is 13.2. The highest BCUT2D eigenvalue weighted by molar-refractivity contribution is 5.81. The molecule has 1 aliphatic rings. The fourth-order valence-electron chi connectivity index (χ4n) is 4.85. The molecule has 0 bridgehead atoms. The molecule has 40 heavy (non-hydrogen) atoms. The standard InChI is InChI=1S/C27H36FN5O7/c1-6-12-26(7-2,8-3)13-11-14-37-24(34)38-16-27(9-4)18(39-25(35)36-10-5)15-19(40-27)33-17-30-20-21(29)31-23(28)32-22(20)33/h4,6,17-19H,1,7-8,10-16H2,2-3,5H3,(H2,29,31,32)/t18-,19+,27+/m0/s1. The summed E-state index contributed by atoms with van der Waals surface area (Å²) >= 11 is 0. The molecule has 0 amide bonds. The number of imidazole rings is 1. The number of anilines is 1. The zero-order chi connectivity index (χ0) is 29.3. The third-order valence-corrected chi connectivity index (χ3v) is 7.31. The van der Waals surface area contributed by atoms with E-state index in [2.05, 4.69) is 41.3 Å². The van der Waals surface area contributed by atoms with Crippen molar-refractivity contribution in [2.45, 2.75) is 77.2 Å². The lowest BCUT2D eigenvalue weighted by atomic mass is 9.75. The van der Waals surface area contributed by atoms with Gasteiger partial charge in [-0.25, -0.2) is 14.6 Å². The van der Waals surface area contributed by atoms with Crippen LogP contribution in [0, 0.1) is 23.8 Å². The summed E-state index contributed by atoms with van der Waals surface area (Å²) in [5.74, 6) is 2.29. The van der Waals surface area contributed by atoms with Gasteiger partial charge in [-0.15, -0.1) is 13.0 Å². The fraction of sp³-hybridized carbons (Fsp3) is 0.593. The molecule has 1 fully saturated rings. The van der Waals surface area contributed by atoms with E-state index in [1.807, 2.05) is 6.08 Å². The van der Waals surface area contributed by atoms with Gasteiger partial charge in [0.2, 0.25) is 5.60 Å². The highest BCUT2D eigenvalue weighted by Crippen LogP contribution is 2.40. The van der Waals surface area contributed by atoms with E-state index in [-0.39, 0.29) is 42.0 Å². The van der Waals surface area contributed by atoms with E-state index in [0.717, 1.165) is 25.7 Å². The maximum Gasteiger partial charge on any atom is 0.508 e. The molecule has 2 aromatic heterocycles. The van der Waals surface area contributed by atoms with Crippen LogP contribution in [-0.4, -0.2) is 63.4 Å². The number of terminal acetylenes is 1. The van der Waals surface area contributed by atoms with E-state index in [0.29, 0.717) is 6.42 Å². The second kappa shape index (κ2) is 13.4. The smallest absolute Gasteiger partial charge is 0.435 e. The lowest BCUT2D eigenvalue weighted by molar-refractivity contribution is -0.105. The predicted molar refractivity (Wildman–Crippen MR) is 142 cm³/mol. The van der Waals surface area contributed by atoms with E-state index in [4.69, 9.17) is 35.8 Å². The molecule has 2 aromatic rings. The van der Waals surface area contributed by atoms with Crippen LogP contribution in [-0.2, 0) is 23.7 Å². The zero-order valence-corrected chi connectivity index (χ0v) is 23.1. The molecule has 0 aromatic carbocycles. The lowest BCUT2D eigenvalue weighted by Crippen LogP contribution is -2.45. The van der Waals surface area contributed by atoms with E-state index < -0.39 is 42.9 Å². The van der Waals surface area contributed by atoms with Crippen LogP contribution in [0.15, 0.2) is 19.0 Å². The Balaban J connectivity index is 1.71. The number of carbonyl (C=O) groups is 2. The molecule has 0 saturated carbocycles. The number of nitrogens with zero attached hydrogens (tertiary/aromatic N) is 4. The Labute approximate surface area is 232 Å². The first-order valence-electron chi connectivity index (χ1n) is 13.2. The maximum atomic E-state index is 13.9. The van der Waals surface area contributed by atoms with Gasteiger partial charge in [0.05, 0.1) is 19.5 Å². The number of allylic oxidation sites excluding steroid dienone is 1. The molecule has 3 atom stereocenters. The van der Waals surface area contributed by atoms with Gasteiger partial charge >= 0.3 is 18.4 Å². The molecule has 0 radical (unpaired) electrons. The van der Waals surface area contributed by atoms with E-state index in [1.165, 1.54) is 10.9 Å². The Morgan fingerprint density at radius 1 is 1.30 bits per heavy atom. The van der Waals surface area contributed by atoms with E-state index in [1.54, 1.807) is 6.92 Å². The van der Waals surface area contributed by atoms with Gasteiger partial charge in [0, 0.05) is 6.42 Å². The quantitative estimate of drug-likeness (QED) is 0.119. The predicted octanol–water partition coefficient (Wildman–Crippen LogP) is 4.70. The van der Waals surface area contributed by atoms with Crippen molar-refractivity contribution >= 4 is 29.3 Å². The summed E-state index contributed by atoms with van der Waals surface area (Å²) in [6.45, 7) is 9.45. The topological polar surface area (TPSA) is 150 Å². The van der Waals surface area contributed by atoms with Crippen molar-refractivity contribution in [3.05, 3.63) is 25.1 Å². The summed E-state index contributed by atoms with van der Waals surface area (Å²) in [6, 6.07) is 0. The third-order valence-electron chi connectivity index (χ3n) is 7.31. The highest BCUT2D eigenvalue weighted by atomic mass is 19.1. The van der Waals surface area contributed by atoms with Crippen molar-refractivity contribution in [3.8, 4) is 12.3 Å². The van der Waals surface area contributed by atoms with Crippen molar-refractivity contribution in [2.24, 2.45) is 5.41 Å². The molecule has 3 heterocycles. The van der Waals surface area contributed by atoms with Gasteiger partial charge in [-0.05, 0) is 31.6 Å². The monoisotopic (exact) mass is 561 g/mol. The van der Waals surface area contributed by atoms with Gasteiger partial charge in [0.25, 0.3) is 0 Å². The molecule has 1 aliphatic heterocycles. The van der Waals surface area contributed by atoms with Crippen LogP contribution < -0.4 is 5.73 Å². The van der Waals surface area contributed by atoms with Gasteiger partial charge < -0.3 is 29.4 Å². The lowest BCUT2D eigenvalue weighted by Gasteiger charge is -2.30. The molecular formula is C27H36FN5O7. The number of carbonyl (C=O) groups excluding carboxylic acids is 2. The molecule has 13 heteroatoms. The molecule has 1 saturated heterocycles. The Kier molecular flexibility index (Phi) is 10.3. The van der Waals surface area contributed by atoms with Crippen molar-refractivity contribution < 1.29 is 37.7 Å². The minimum absolute atomic E-state index is 0.0160. The largest absolute Gasteiger partial charge is 0.508 e. The summed E-state index contributed by atoms with van der Waals surface area (Å²) in [6.07, 6.45) is 8.37. The molecule has 0 unspecified atom stereocenters. The maximum absolute atomic E-state index is 13.9. The van der Waals surface area contributed by atoms with Gasteiger partial charge in [-0.1, -0.05) is 38.7 Å². The van der Waals surface area contributed by atoms with Crippen molar-refractivity contribution in [3.63, 3.8) is 0 Å². The highest BCUT2D eigenvalue weighted by Gasteiger charge is 2.53. The molecule has 0 aliphatic carbocycles. The fourth-order valence-corrected chi connectivity index (χ4v) is 4.85. The van der Waals surface area contributed by atoms with E-state index in [9.17, 15) is 14.0 Å².